The summed E-state index contributed by atoms with van der Waals surface area (Å²) in [4.78, 5) is 44.4. The molecule has 1 atom stereocenters. The van der Waals surface area contributed by atoms with Gasteiger partial charge in [-0.1, -0.05) is 11.6 Å². The molecule has 1 fully saturated rings. The molecule has 4 N–H and O–H groups in total. The number of nitrogens with zero attached hydrogens (tertiary/aromatic N) is 1. The van der Waals surface area contributed by atoms with Gasteiger partial charge in [0.15, 0.2) is 5.69 Å². The Morgan fingerprint density at radius 2 is 1.97 bits per heavy atom. The lowest BCUT2D eigenvalue weighted by molar-refractivity contribution is -0.120. The molecule has 0 saturated heterocycles. The molecule has 1 aromatic carbocycles. The van der Waals surface area contributed by atoms with Crippen LogP contribution in [0, 0.1) is 11.7 Å². The van der Waals surface area contributed by atoms with E-state index in [9.17, 15) is 18.8 Å². The van der Waals surface area contributed by atoms with E-state index in [0.717, 1.165) is 6.07 Å². The van der Waals surface area contributed by atoms with Crippen LogP contribution in [-0.2, 0) is 9.53 Å². The van der Waals surface area contributed by atoms with Crippen molar-refractivity contribution in [3.8, 4) is 0 Å². The molecule has 3 rings (SSSR count). The average molecular weight is 480 g/mol. The van der Waals surface area contributed by atoms with Crippen molar-refractivity contribution in [1.82, 2.24) is 20.6 Å². The van der Waals surface area contributed by atoms with Crippen LogP contribution in [0.4, 0.5) is 10.1 Å². The van der Waals surface area contributed by atoms with Gasteiger partial charge in [0.25, 0.3) is 11.8 Å². The summed E-state index contributed by atoms with van der Waals surface area (Å²) in [6.45, 7) is 2.13. The van der Waals surface area contributed by atoms with Crippen molar-refractivity contribution in [3.63, 3.8) is 0 Å². The van der Waals surface area contributed by atoms with E-state index in [4.69, 9.17) is 16.3 Å². The van der Waals surface area contributed by atoms with E-state index in [2.05, 4.69) is 25.9 Å². The number of hydrogen-bond donors (Lipinski definition) is 4. The molecular weight excluding hydrogens is 453 g/mol. The number of benzene rings is 1. The van der Waals surface area contributed by atoms with Crippen LogP contribution in [0.3, 0.4) is 0 Å². The van der Waals surface area contributed by atoms with Gasteiger partial charge >= 0.3 is 0 Å². The first kappa shape index (κ1) is 24.7. The van der Waals surface area contributed by atoms with E-state index >= 15 is 0 Å². The van der Waals surface area contributed by atoms with Gasteiger partial charge in [0, 0.05) is 25.1 Å². The molecule has 9 nitrogen and oxygen atoms in total. The van der Waals surface area contributed by atoms with E-state index in [-0.39, 0.29) is 40.3 Å². The lowest BCUT2D eigenvalue weighted by atomic mass is 9.85. The van der Waals surface area contributed by atoms with Crippen molar-refractivity contribution < 1.29 is 23.5 Å². The van der Waals surface area contributed by atoms with Gasteiger partial charge in [-0.2, -0.15) is 0 Å². The first-order valence-electron chi connectivity index (χ1n) is 10.7. The van der Waals surface area contributed by atoms with E-state index < -0.39 is 17.6 Å². The number of amides is 3. The number of aromatic nitrogens is 2. The number of anilines is 1. The molecule has 33 heavy (non-hydrogen) atoms. The summed E-state index contributed by atoms with van der Waals surface area (Å²) in [5, 5.41) is 8.51. The Kier molecular flexibility index (Phi) is 8.40. The third-order valence-electron chi connectivity index (χ3n) is 5.50. The molecule has 3 amide bonds. The van der Waals surface area contributed by atoms with Gasteiger partial charge in [-0.25, -0.2) is 9.37 Å². The van der Waals surface area contributed by atoms with Crippen LogP contribution >= 0.6 is 11.6 Å². The van der Waals surface area contributed by atoms with E-state index in [0.29, 0.717) is 38.0 Å². The van der Waals surface area contributed by atoms with Crippen LogP contribution in [0.2, 0.25) is 5.02 Å². The summed E-state index contributed by atoms with van der Waals surface area (Å²) in [7, 11) is 1.54. The fourth-order valence-corrected chi connectivity index (χ4v) is 4.02. The van der Waals surface area contributed by atoms with Crippen LogP contribution in [0.25, 0.3) is 0 Å². The number of rotatable bonds is 8. The maximum Gasteiger partial charge on any atom is 0.272 e. The smallest absolute Gasteiger partial charge is 0.272 e. The highest BCUT2D eigenvalue weighted by atomic mass is 35.5. The number of hydrogen-bond acceptors (Lipinski definition) is 5. The minimum atomic E-state index is -0.476. The molecule has 11 heteroatoms. The number of methoxy groups -OCH3 is 1. The molecule has 0 spiro atoms. The minimum absolute atomic E-state index is 0.0166. The third-order valence-corrected chi connectivity index (χ3v) is 5.81. The summed E-state index contributed by atoms with van der Waals surface area (Å²) in [6, 6.07) is 3.43. The fourth-order valence-electron chi connectivity index (χ4n) is 3.81. The molecule has 0 aliphatic heterocycles. The zero-order chi connectivity index (χ0) is 24.0. The quantitative estimate of drug-likeness (QED) is 0.463. The lowest BCUT2D eigenvalue weighted by Crippen LogP contribution is -2.41. The van der Waals surface area contributed by atoms with Crippen molar-refractivity contribution >= 4 is 35.0 Å². The Bertz CT molecular complexity index is 1010. The van der Waals surface area contributed by atoms with E-state index in [1.54, 1.807) is 6.92 Å². The maximum atomic E-state index is 13.2. The van der Waals surface area contributed by atoms with Gasteiger partial charge in [-0.15, -0.1) is 0 Å². The summed E-state index contributed by atoms with van der Waals surface area (Å²) in [6.07, 6.45) is 3.62. The van der Waals surface area contributed by atoms with Gasteiger partial charge in [-0.3, -0.25) is 14.4 Å². The Morgan fingerprint density at radius 3 is 2.64 bits per heavy atom. The number of carbonyl (C=O) groups excluding carboxylic acids is 3. The SMILES string of the molecule is COC[C@@H](C)NC(=O)c1[nH]cnc1C(=O)NC1CCC(C(=O)Nc2ccc(F)cc2Cl)CC1. The summed E-state index contributed by atoms with van der Waals surface area (Å²) in [5.74, 6) is -1.80. The highest BCUT2D eigenvalue weighted by Gasteiger charge is 2.29. The van der Waals surface area contributed by atoms with Crippen LogP contribution in [0.5, 0.6) is 0 Å². The van der Waals surface area contributed by atoms with Crippen molar-refractivity contribution in [2.24, 2.45) is 5.92 Å². The molecule has 178 valence electrons. The lowest BCUT2D eigenvalue weighted by Gasteiger charge is -2.28. The third kappa shape index (κ3) is 6.52. The van der Waals surface area contributed by atoms with Gasteiger partial charge in [0.2, 0.25) is 5.91 Å². The first-order chi connectivity index (χ1) is 15.8. The maximum absolute atomic E-state index is 13.2. The second-order valence-electron chi connectivity index (χ2n) is 8.09. The normalized spacial score (nSPS) is 18.9. The summed E-state index contributed by atoms with van der Waals surface area (Å²) >= 11 is 5.97. The van der Waals surface area contributed by atoms with Gasteiger partial charge in [0.1, 0.15) is 11.5 Å². The van der Waals surface area contributed by atoms with Crippen molar-refractivity contribution in [3.05, 3.63) is 46.8 Å². The number of imidazole rings is 1. The molecule has 2 aromatic rings. The van der Waals surface area contributed by atoms with Crippen molar-refractivity contribution in [1.29, 1.82) is 0 Å². The minimum Gasteiger partial charge on any atom is -0.383 e. The Balaban J connectivity index is 1.51. The number of carbonyl (C=O) groups is 3. The van der Waals surface area contributed by atoms with E-state index in [1.807, 2.05) is 0 Å². The molecule has 0 bridgehead atoms. The van der Waals surface area contributed by atoms with Crippen LogP contribution in [0.1, 0.15) is 53.6 Å². The van der Waals surface area contributed by atoms with Crippen LogP contribution in [-0.4, -0.2) is 53.5 Å². The first-order valence-corrected chi connectivity index (χ1v) is 11.1. The second-order valence-corrected chi connectivity index (χ2v) is 8.50. The highest BCUT2D eigenvalue weighted by Crippen LogP contribution is 2.28. The van der Waals surface area contributed by atoms with Gasteiger partial charge in [-0.05, 0) is 50.8 Å². The zero-order valence-corrected chi connectivity index (χ0v) is 19.2. The number of halogens is 2. The monoisotopic (exact) mass is 479 g/mol. The van der Waals surface area contributed by atoms with Crippen molar-refractivity contribution in [2.75, 3.05) is 19.0 Å². The van der Waals surface area contributed by atoms with Crippen LogP contribution in [0.15, 0.2) is 24.5 Å². The molecule has 1 heterocycles. The molecule has 1 aromatic heterocycles. The molecule has 1 aliphatic carbocycles. The average Bonchev–Trinajstić information content (AvgIpc) is 3.26. The summed E-state index contributed by atoms with van der Waals surface area (Å²) < 4.78 is 18.2. The Hall–Kier alpha value is -2.98. The van der Waals surface area contributed by atoms with Gasteiger partial charge < -0.3 is 25.7 Å². The molecule has 1 saturated carbocycles. The zero-order valence-electron chi connectivity index (χ0n) is 18.4. The number of aromatic amines is 1. The molecular formula is C22H27ClFN5O4. The molecule has 0 radical (unpaired) electrons. The Morgan fingerprint density at radius 1 is 1.24 bits per heavy atom. The predicted molar refractivity (Wildman–Crippen MR) is 121 cm³/mol. The summed E-state index contributed by atoms with van der Waals surface area (Å²) in [5.41, 5.74) is 0.463. The van der Waals surface area contributed by atoms with Gasteiger partial charge in [0.05, 0.1) is 23.6 Å². The number of H-pyrrole nitrogens is 1. The van der Waals surface area contributed by atoms with Crippen molar-refractivity contribution in [2.45, 2.75) is 44.7 Å². The number of ether oxygens (including phenoxy) is 1. The molecule has 1 aliphatic rings. The predicted octanol–water partition coefficient (Wildman–Crippen LogP) is 2.89. The Labute approximate surface area is 195 Å². The fraction of sp³-hybridized carbons (Fsp3) is 0.455. The van der Waals surface area contributed by atoms with E-state index in [1.165, 1.54) is 25.6 Å². The number of nitrogens with one attached hydrogen (secondary N) is 4. The highest BCUT2D eigenvalue weighted by molar-refractivity contribution is 6.33. The second kappa shape index (κ2) is 11.2. The molecule has 0 unspecified atom stereocenters. The topological polar surface area (TPSA) is 125 Å². The largest absolute Gasteiger partial charge is 0.383 e. The van der Waals surface area contributed by atoms with Crippen LogP contribution < -0.4 is 16.0 Å². The standard InChI is InChI=1S/C22H27ClFN5O4/c1-12(10-33-2)27-21(31)18-19(26-11-25-18)22(32)28-15-6-3-13(4-7-15)20(30)29-17-8-5-14(24)9-16(17)23/h5,8-9,11-13,15H,3-4,6-7,10H2,1-2H3,(H,25,26)(H,27,31)(H,28,32)(H,29,30)/t12-,13?,15?/m1/s1.